The largest absolute Gasteiger partial charge is 0.497 e. The maximum Gasteiger partial charge on any atom is 0.197 e. The lowest BCUT2D eigenvalue weighted by atomic mass is 10.0. The lowest BCUT2D eigenvalue weighted by Gasteiger charge is -2.15. The van der Waals surface area contributed by atoms with Gasteiger partial charge < -0.3 is 14.5 Å². The van der Waals surface area contributed by atoms with Crippen molar-refractivity contribution >= 4 is 11.1 Å². The molecule has 0 bridgehead atoms. The van der Waals surface area contributed by atoms with Crippen LogP contribution in [0, 0.1) is 0 Å². The topological polar surface area (TPSA) is 47.3 Å². The summed E-state index contributed by atoms with van der Waals surface area (Å²) in [6, 6.07) is 16.0. The number of methoxy groups -OCH3 is 1. The zero-order valence-electron chi connectivity index (χ0n) is 12.2. The van der Waals surface area contributed by atoms with E-state index in [0.29, 0.717) is 6.42 Å². The molecule has 108 valence electrons. The number of benzene rings is 2. The monoisotopic (exact) mass is 282 g/mol. The molecule has 0 aliphatic carbocycles. The fraction of sp³-hybridized carbons (Fsp3) is 0.235. The molecule has 4 heteroatoms. The molecule has 1 unspecified atom stereocenters. The standard InChI is InChI=1S/C17H18N2O2/c1-18-15(12-6-5-7-13(10-12)20-2)11-17-19-14-8-3-4-9-16(14)21-17/h3-10,15,18H,11H2,1-2H3. The second kappa shape index (κ2) is 5.97. The first-order valence-electron chi connectivity index (χ1n) is 6.96. The summed E-state index contributed by atoms with van der Waals surface area (Å²) in [5.41, 5.74) is 2.88. The van der Waals surface area contributed by atoms with Gasteiger partial charge in [-0.2, -0.15) is 0 Å². The van der Waals surface area contributed by atoms with Crippen molar-refractivity contribution in [3.63, 3.8) is 0 Å². The molecule has 0 amide bonds. The van der Waals surface area contributed by atoms with Crippen molar-refractivity contribution in [1.29, 1.82) is 0 Å². The Morgan fingerprint density at radius 1 is 1.19 bits per heavy atom. The van der Waals surface area contributed by atoms with Crippen molar-refractivity contribution in [2.75, 3.05) is 14.2 Å². The van der Waals surface area contributed by atoms with Crippen LogP contribution in [0.15, 0.2) is 52.9 Å². The number of fused-ring (bicyclic) bond motifs is 1. The maximum atomic E-state index is 5.80. The molecule has 0 spiro atoms. The second-order valence-electron chi connectivity index (χ2n) is 4.90. The molecule has 1 aromatic heterocycles. The van der Waals surface area contributed by atoms with E-state index in [0.717, 1.165) is 28.3 Å². The van der Waals surface area contributed by atoms with Crippen LogP contribution in [0.3, 0.4) is 0 Å². The van der Waals surface area contributed by atoms with E-state index in [2.05, 4.69) is 16.4 Å². The normalized spacial score (nSPS) is 12.5. The minimum atomic E-state index is 0.133. The van der Waals surface area contributed by atoms with Gasteiger partial charge in [0.05, 0.1) is 7.11 Å². The Morgan fingerprint density at radius 3 is 2.81 bits per heavy atom. The predicted octanol–water partition coefficient (Wildman–Crippen LogP) is 3.34. The molecule has 0 aliphatic heterocycles. The number of oxazole rings is 1. The Morgan fingerprint density at radius 2 is 2.05 bits per heavy atom. The Hall–Kier alpha value is -2.33. The average Bonchev–Trinajstić information content (AvgIpc) is 2.95. The van der Waals surface area contributed by atoms with Crippen molar-refractivity contribution in [3.05, 3.63) is 60.0 Å². The van der Waals surface area contributed by atoms with Crippen LogP contribution >= 0.6 is 0 Å². The Bertz CT molecular complexity index is 703. The van der Waals surface area contributed by atoms with Crippen LogP contribution in [0.2, 0.25) is 0 Å². The van der Waals surface area contributed by atoms with E-state index >= 15 is 0 Å². The Labute approximate surface area is 123 Å². The number of aromatic nitrogens is 1. The van der Waals surface area contributed by atoms with Gasteiger partial charge in [-0.3, -0.25) is 0 Å². The molecular formula is C17H18N2O2. The van der Waals surface area contributed by atoms with Gasteiger partial charge in [0.1, 0.15) is 11.3 Å². The third kappa shape index (κ3) is 2.90. The number of ether oxygens (including phenoxy) is 1. The van der Waals surface area contributed by atoms with Gasteiger partial charge in [0.2, 0.25) is 0 Å². The summed E-state index contributed by atoms with van der Waals surface area (Å²) >= 11 is 0. The quantitative estimate of drug-likeness (QED) is 0.779. The van der Waals surface area contributed by atoms with E-state index in [1.807, 2.05) is 49.5 Å². The molecule has 1 N–H and O–H groups in total. The summed E-state index contributed by atoms with van der Waals surface area (Å²) in [7, 11) is 3.61. The molecule has 1 heterocycles. The average molecular weight is 282 g/mol. The number of likely N-dealkylation sites (N-methyl/N-ethyl adjacent to an activating group) is 1. The van der Waals surface area contributed by atoms with E-state index in [9.17, 15) is 0 Å². The zero-order valence-corrected chi connectivity index (χ0v) is 12.2. The van der Waals surface area contributed by atoms with Gasteiger partial charge >= 0.3 is 0 Å². The summed E-state index contributed by atoms with van der Waals surface area (Å²) < 4.78 is 11.1. The van der Waals surface area contributed by atoms with Crippen LogP contribution in [-0.2, 0) is 6.42 Å². The number of nitrogens with zero attached hydrogens (tertiary/aromatic N) is 1. The summed E-state index contributed by atoms with van der Waals surface area (Å²) in [6.07, 6.45) is 0.693. The van der Waals surface area contributed by atoms with Gasteiger partial charge in [-0.25, -0.2) is 4.98 Å². The minimum Gasteiger partial charge on any atom is -0.497 e. The highest BCUT2D eigenvalue weighted by Crippen LogP contribution is 2.23. The van der Waals surface area contributed by atoms with Crippen LogP contribution in [0.1, 0.15) is 17.5 Å². The van der Waals surface area contributed by atoms with Crippen LogP contribution in [-0.4, -0.2) is 19.1 Å². The molecule has 21 heavy (non-hydrogen) atoms. The van der Waals surface area contributed by atoms with Crippen molar-refractivity contribution in [2.24, 2.45) is 0 Å². The number of rotatable bonds is 5. The molecule has 3 rings (SSSR count). The molecule has 0 saturated heterocycles. The summed E-state index contributed by atoms with van der Waals surface area (Å²) in [4.78, 5) is 4.53. The van der Waals surface area contributed by atoms with Gasteiger partial charge in [-0.1, -0.05) is 24.3 Å². The smallest absolute Gasteiger partial charge is 0.197 e. The van der Waals surface area contributed by atoms with Crippen molar-refractivity contribution in [1.82, 2.24) is 10.3 Å². The zero-order chi connectivity index (χ0) is 14.7. The number of hydrogen-bond donors (Lipinski definition) is 1. The van der Waals surface area contributed by atoms with E-state index in [1.165, 1.54) is 0 Å². The lowest BCUT2D eigenvalue weighted by molar-refractivity contribution is 0.412. The molecule has 1 atom stereocenters. The van der Waals surface area contributed by atoms with Crippen molar-refractivity contribution in [2.45, 2.75) is 12.5 Å². The van der Waals surface area contributed by atoms with Crippen LogP contribution in [0.4, 0.5) is 0 Å². The van der Waals surface area contributed by atoms with E-state index in [-0.39, 0.29) is 6.04 Å². The van der Waals surface area contributed by atoms with Crippen LogP contribution in [0.25, 0.3) is 11.1 Å². The first-order valence-corrected chi connectivity index (χ1v) is 6.96. The number of para-hydroxylation sites is 2. The Balaban J connectivity index is 1.86. The second-order valence-corrected chi connectivity index (χ2v) is 4.90. The molecule has 0 radical (unpaired) electrons. The lowest BCUT2D eigenvalue weighted by Crippen LogP contribution is -2.19. The van der Waals surface area contributed by atoms with Gasteiger partial charge in [-0.15, -0.1) is 0 Å². The van der Waals surface area contributed by atoms with Gasteiger partial charge in [-0.05, 0) is 36.9 Å². The Kier molecular flexibility index (Phi) is 3.88. The molecule has 2 aromatic carbocycles. The molecule has 3 aromatic rings. The minimum absolute atomic E-state index is 0.133. The summed E-state index contributed by atoms with van der Waals surface area (Å²) in [6.45, 7) is 0. The summed E-state index contributed by atoms with van der Waals surface area (Å²) in [5.74, 6) is 1.59. The molecule has 0 aliphatic rings. The van der Waals surface area contributed by atoms with Gasteiger partial charge in [0, 0.05) is 12.5 Å². The fourth-order valence-electron chi connectivity index (χ4n) is 2.43. The first kappa shape index (κ1) is 13.6. The first-order chi connectivity index (χ1) is 10.3. The van der Waals surface area contributed by atoms with E-state index < -0.39 is 0 Å². The van der Waals surface area contributed by atoms with Gasteiger partial charge in [0.25, 0.3) is 0 Å². The molecule has 0 fully saturated rings. The highest BCUT2D eigenvalue weighted by Gasteiger charge is 2.15. The van der Waals surface area contributed by atoms with Crippen molar-refractivity contribution < 1.29 is 9.15 Å². The van der Waals surface area contributed by atoms with E-state index in [1.54, 1.807) is 7.11 Å². The summed E-state index contributed by atoms with van der Waals surface area (Å²) in [5, 5.41) is 3.31. The van der Waals surface area contributed by atoms with Gasteiger partial charge in [0.15, 0.2) is 11.5 Å². The highest BCUT2D eigenvalue weighted by molar-refractivity contribution is 5.72. The van der Waals surface area contributed by atoms with Crippen LogP contribution in [0.5, 0.6) is 5.75 Å². The van der Waals surface area contributed by atoms with Crippen LogP contribution < -0.4 is 10.1 Å². The third-order valence-electron chi connectivity index (χ3n) is 3.56. The fourth-order valence-corrected chi connectivity index (χ4v) is 2.43. The molecule has 0 saturated carbocycles. The van der Waals surface area contributed by atoms with E-state index in [4.69, 9.17) is 9.15 Å². The highest BCUT2D eigenvalue weighted by atomic mass is 16.5. The third-order valence-corrected chi connectivity index (χ3v) is 3.56. The molecular weight excluding hydrogens is 264 g/mol. The number of hydrogen-bond acceptors (Lipinski definition) is 4. The predicted molar refractivity (Wildman–Crippen MR) is 82.5 cm³/mol. The van der Waals surface area contributed by atoms with Crippen molar-refractivity contribution in [3.8, 4) is 5.75 Å². The molecule has 4 nitrogen and oxygen atoms in total. The maximum absolute atomic E-state index is 5.80. The SMILES string of the molecule is CNC(Cc1nc2ccccc2o1)c1cccc(OC)c1. The number of nitrogens with one attached hydrogen (secondary N) is 1.